The number of hydrogen-bond donors (Lipinski definition) is 3. The van der Waals surface area contributed by atoms with Gasteiger partial charge in [0.05, 0.1) is 52.5 Å². The molecule has 1 aromatic heterocycles. The van der Waals surface area contributed by atoms with E-state index in [1.807, 2.05) is 43.3 Å². The van der Waals surface area contributed by atoms with Gasteiger partial charge in [-0.05, 0) is 62.2 Å². The van der Waals surface area contributed by atoms with Crippen molar-refractivity contribution in [1.82, 2.24) is 5.32 Å². The van der Waals surface area contributed by atoms with Gasteiger partial charge in [0, 0.05) is 11.4 Å². The molecule has 0 radical (unpaired) electrons. The predicted octanol–water partition coefficient (Wildman–Crippen LogP) is 5.95. The van der Waals surface area contributed by atoms with E-state index < -0.39 is 5.92 Å². The van der Waals surface area contributed by atoms with E-state index in [0.717, 1.165) is 12.0 Å². The molecular weight excluding hydrogens is 512 g/mol. The second-order valence-corrected chi connectivity index (χ2v) is 9.72. The van der Waals surface area contributed by atoms with Crippen molar-refractivity contribution in [3.8, 4) is 11.8 Å². The number of para-hydroxylation sites is 2. The topological polar surface area (TPSA) is 116 Å². The van der Waals surface area contributed by atoms with Crippen LogP contribution >= 0.6 is 11.8 Å². The van der Waals surface area contributed by atoms with Gasteiger partial charge >= 0.3 is 0 Å². The van der Waals surface area contributed by atoms with Crippen molar-refractivity contribution in [2.75, 3.05) is 23.0 Å². The van der Waals surface area contributed by atoms with Crippen LogP contribution in [0.25, 0.3) is 0 Å². The quantitative estimate of drug-likeness (QED) is 0.290. The van der Waals surface area contributed by atoms with E-state index in [1.54, 1.807) is 31.2 Å². The van der Waals surface area contributed by atoms with Crippen LogP contribution in [0.15, 0.2) is 93.2 Å². The molecule has 4 rings (SSSR count). The Morgan fingerprint density at radius 2 is 1.85 bits per heavy atom. The van der Waals surface area contributed by atoms with Crippen molar-refractivity contribution < 1.29 is 18.7 Å². The Morgan fingerprint density at radius 1 is 1.08 bits per heavy atom. The van der Waals surface area contributed by atoms with Gasteiger partial charge in [-0.25, -0.2) is 0 Å². The lowest BCUT2D eigenvalue weighted by molar-refractivity contribution is -0.114. The van der Waals surface area contributed by atoms with Crippen LogP contribution in [0.3, 0.4) is 0 Å². The summed E-state index contributed by atoms with van der Waals surface area (Å²) in [6.45, 7) is 6.20. The molecule has 8 nitrogen and oxygen atoms in total. The highest BCUT2D eigenvalue weighted by Gasteiger charge is 2.36. The lowest BCUT2D eigenvalue weighted by Crippen LogP contribution is -2.31. The van der Waals surface area contributed by atoms with Crippen molar-refractivity contribution in [3.63, 3.8) is 0 Å². The maximum absolute atomic E-state index is 13.5. The smallest absolute Gasteiger partial charge is 0.254 e. The molecule has 0 bridgehead atoms. The van der Waals surface area contributed by atoms with E-state index in [2.05, 4.69) is 28.9 Å². The largest absolute Gasteiger partial charge is 0.492 e. The van der Waals surface area contributed by atoms with Gasteiger partial charge in [-0.3, -0.25) is 9.59 Å². The van der Waals surface area contributed by atoms with Crippen LogP contribution in [0.2, 0.25) is 0 Å². The summed E-state index contributed by atoms with van der Waals surface area (Å²) in [6.07, 6.45) is 2.41. The molecule has 9 heteroatoms. The summed E-state index contributed by atoms with van der Waals surface area (Å²) >= 11 is 1.19. The number of dihydropyridines is 1. The summed E-state index contributed by atoms with van der Waals surface area (Å²) in [5.74, 6) is -0.237. The number of anilines is 2. The number of thioether (sulfide) groups is 1. The molecule has 3 N–H and O–H groups in total. The number of allylic oxidation sites excluding steroid dienone is 2. The standard InChI is InChI=1S/C30H30N4O4S/c1-4-20-12-14-21(15-13-20)33-29(36)27-19(3)32-30(22(17-31)28(27)25-11-8-16-38-25)39-18-26(35)34-23-9-6-7-10-24(23)37-5-2/h6-16,28,32H,4-5,18H2,1-3H3,(H,33,36)(H,34,35)/t28-/m1/s1. The fraction of sp³-hybridized carbons (Fsp3) is 0.233. The minimum Gasteiger partial charge on any atom is -0.492 e. The average molecular weight is 543 g/mol. The van der Waals surface area contributed by atoms with Crippen LogP contribution in [0.1, 0.15) is 38.0 Å². The molecule has 0 unspecified atom stereocenters. The average Bonchev–Trinajstić information content (AvgIpc) is 3.48. The molecule has 1 aliphatic heterocycles. The maximum Gasteiger partial charge on any atom is 0.254 e. The summed E-state index contributed by atoms with van der Waals surface area (Å²) in [6, 6.07) is 20.6. The van der Waals surface area contributed by atoms with Crippen molar-refractivity contribution in [3.05, 3.63) is 100 Å². The molecule has 2 amide bonds. The van der Waals surface area contributed by atoms with E-state index in [4.69, 9.17) is 9.15 Å². The molecular formula is C30H30N4O4S. The normalized spacial score (nSPS) is 14.9. The fourth-order valence-corrected chi connectivity index (χ4v) is 5.16. The maximum atomic E-state index is 13.5. The number of hydrogen-bond acceptors (Lipinski definition) is 7. The number of aryl methyl sites for hydroxylation is 1. The van der Waals surface area contributed by atoms with Gasteiger partial charge in [-0.15, -0.1) is 0 Å². The molecule has 0 aliphatic carbocycles. The van der Waals surface area contributed by atoms with Gasteiger partial charge in [0.25, 0.3) is 5.91 Å². The number of rotatable bonds is 10. The molecule has 0 spiro atoms. The molecule has 1 atom stereocenters. The highest BCUT2D eigenvalue weighted by Crippen LogP contribution is 2.41. The highest BCUT2D eigenvalue weighted by atomic mass is 32.2. The zero-order chi connectivity index (χ0) is 27.8. The predicted molar refractivity (Wildman–Crippen MR) is 153 cm³/mol. The second-order valence-electron chi connectivity index (χ2n) is 8.74. The molecule has 0 saturated heterocycles. The van der Waals surface area contributed by atoms with Crippen molar-refractivity contribution in [1.29, 1.82) is 5.26 Å². The minimum atomic E-state index is -0.731. The van der Waals surface area contributed by atoms with E-state index in [-0.39, 0.29) is 17.6 Å². The Morgan fingerprint density at radius 3 is 2.51 bits per heavy atom. The van der Waals surface area contributed by atoms with Crippen LogP contribution in [0, 0.1) is 11.3 Å². The van der Waals surface area contributed by atoms with Crippen molar-refractivity contribution >= 4 is 35.0 Å². The van der Waals surface area contributed by atoms with E-state index in [1.165, 1.54) is 18.0 Å². The third kappa shape index (κ3) is 6.54. The van der Waals surface area contributed by atoms with Crippen LogP contribution < -0.4 is 20.7 Å². The number of carbonyl (C=O) groups is 2. The van der Waals surface area contributed by atoms with Crippen molar-refractivity contribution in [2.45, 2.75) is 33.1 Å². The van der Waals surface area contributed by atoms with Crippen molar-refractivity contribution in [2.24, 2.45) is 0 Å². The van der Waals surface area contributed by atoms with Crippen LogP contribution in [0.4, 0.5) is 11.4 Å². The van der Waals surface area contributed by atoms with E-state index in [0.29, 0.717) is 51.4 Å². The molecule has 0 fully saturated rings. The third-order valence-corrected chi connectivity index (χ3v) is 7.17. The number of benzene rings is 2. The number of nitrogens with zero attached hydrogens (tertiary/aromatic N) is 1. The monoisotopic (exact) mass is 542 g/mol. The van der Waals surface area contributed by atoms with Crippen LogP contribution in [-0.2, 0) is 16.0 Å². The number of carbonyl (C=O) groups excluding carboxylic acids is 2. The Hall–Kier alpha value is -4.42. The van der Waals surface area contributed by atoms with E-state index >= 15 is 0 Å². The molecule has 39 heavy (non-hydrogen) atoms. The van der Waals surface area contributed by atoms with E-state index in [9.17, 15) is 14.9 Å². The van der Waals surface area contributed by atoms with Gasteiger partial charge in [0.2, 0.25) is 5.91 Å². The zero-order valence-corrected chi connectivity index (χ0v) is 22.9. The molecule has 2 heterocycles. The molecule has 1 aliphatic rings. The third-order valence-electron chi connectivity index (χ3n) is 6.15. The minimum absolute atomic E-state index is 0.0391. The summed E-state index contributed by atoms with van der Waals surface area (Å²) in [5, 5.41) is 19.7. The summed E-state index contributed by atoms with van der Waals surface area (Å²) < 4.78 is 11.3. The van der Waals surface area contributed by atoms with Gasteiger partial charge in [0.1, 0.15) is 11.5 Å². The first kappa shape index (κ1) is 27.6. The number of furan rings is 1. The first-order valence-corrected chi connectivity index (χ1v) is 13.6. The van der Waals surface area contributed by atoms with Gasteiger partial charge in [-0.2, -0.15) is 5.26 Å². The Balaban J connectivity index is 1.55. The fourth-order valence-electron chi connectivity index (χ4n) is 4.26. The lowest BCUT2D eigenvalue weighted by atomic mass is 9.85. The van der Waals surface area contributed by atoms with Gasteiger partial charge < -0.3 is 25.1 Å². The Bertz CT molecular complexity index is 1440. The molecule has 2 aromatic carbocycles. The summed E-state index contributed by atoms with van der Waals surface area (Å²) in [5.41, 5.74) is 3.64. The summed E-state index contributed by atoms with van der Waals surface area (Å²) in [4.78, 5) is 26.3. The zero-order valence-electron chi connectivity index (χ0n) is 22.0. The molecule has 0 saturated carbocycles. The number of nitrogens with one attached hydrogen (secondary N) is 3. The molecule has 3 aromatic rings. The Labute approximate surface area is 232 Å². The SMILES string of the molecule is CCOc1ccccc1NC(=O)CSC1=C(C#N)[C@H](c2ccco2)C(C(=O)Nc2ccc(CC)cc2)=C(C)N1. The number of amides is 2. The lowest BCUT2D eigenvalue weighted by Gasteiger charge is -2.28. The Kier molecular flexibility index (Phi) is 9.13. The molecule has 200 valence electrons. The van der Waals surface area contributed by atoms with Gasteiger partial charge in [0.15, 0.2) is 0 Å². The van der Waals surface area contributed by atoms with Crippen LogP contribution in [-0.4, -0.2) is 24.2 Å². The van der Waals surface area contributed by atoms with Crippen LogP contribution in [0.5, 0.6) is 5.75 Å². The number of nitriles is 1. The highest BCUT2D eigenvalue weighted by molar-refractivity contribution is 8.03. The first-order valence-electron chi connectivity index (χ1n) is 12.6. The number of ether oxygens (including phenoxy) is 1. The summed E-state index contributed by atoms with van der Waals surface area (Å²) in [7, 11) is 0. The first-order chi connectivity index (χ1) is 18.9. The van der Waals surface area contributed by atoms with Gasteiger partial charge in [-0.1, -0.05) is 43.0 Å². The second kappa shape index (κ2) is 12.9.